The summed E-state index contributed by atoms with van der Waals surface area (Å²) in [5.74, 6) is 1.25. The summed E-state index contributed by atoms with van der Waals surface area (Å²) in [6, 6.07) is 0. The van der Waals surface area contributed by atoms with Gasteiger partial charge in [-0.15, -0.1) is 0 Å². The molecule has 0 saturated heterocycles. The van der Waals surface area contributed by atoms with Crippen molar-refractivity contribution < 1.29 is 25.2 Å². The number of carbonyl (C=O) groups is 1. The summed E-state index contributed by atoms with van der Waals surface area (Å²) in [5.41, 5.74) is 0.573. The molecule has 4 saturated carbocycles. The highest BCUT2D eigenvalue weighted by atomic mass is 16.4. The molecule has 0 aromatic heterocycles. The van der Waals surface area contributed by atoms with Gasteiger partial charge in [-0.3, -0.25) is 4.79 Å². The third kappa shape index (κ3) is 3.21. The first kappa shape index (κ1) is 26.7. The number of allylic oxidation sites excluding steroid dienone is 2. The number of carboxylic acid groups (broad SMARTS) is 1. The van der Waals surface area contributed by atoms with Crippen molar-refractivity contribution in [2.75, 3.05) is 6.61 Å². The molecule has 5 heteroatoms. The number of rotatable bonds is 3. The lowest BCUT2D eigenvalue weighted by atomic mass is 9.33. The van der Waals surface area contributed by atoms with Gasteiger partial charge in [-0.1, -0.05) is 53.2 Å². The van der Waals surface area contributed by atoms with E-state index in [9.17, 15) is 25.2 Å². The third-order valence-corrected chi connectivity index (χ3v) is 13.8. The van der Waals surface area contributed by atoms with Gasteiger partial charge in [0.1, 0.15) is 0 Å². The minimum atomic E-state index is -0.897. The molecule has 0 aliphatic heterocycles. The minimum Gasteiger partial charge on any atom is -0.481 e. The summed E-state index contributed by atoms with van der Waals surface area (Å²) < 4.78 is 0. The number of carboxylic acids is 1. The summed E-state index contributed by atoms with van der Waals surface area (Å²) in [7, 11) is 0. The Bertz CT molecular complexity index is 945. The highest BCUT2D eigenvalue weighted by molar-refractivity contribution is 5.68. The predicted octanol–water partition coefficient (Wildman–Crippen LogP) is 5.42. The van der Waals surface area contributed by atoms with Gasteiger partial charge in [-0.2, -0.15) is 0 Å². The fourth-order valence-corrected chi connectivity index (χ4v) is 11.4. The van der Waals surface area contributed by atoms with E-state index in [-0.39, 0.29) is 40.6 Å². The number of hydrogen-bond acceptors (Lipinski definition) is 4. The Kier molecular flexibility index (Phi) is 6.15. The van der Waals surface area contributed by atoms with Crippen molar-refractivity contribution in [1.82, 2.24) is 0 Å². The zero-order valence-electron chi connectivity index (χ0n) is 23.4. The summed E-state index contributed by atoms with van der Waals surface area (Å²) in [6.07, 6.45) is 8.74. The normalized spacial score (nSPS) is 56.5. The van der Waals surface area contributed by atoms with Crippen LogP contribution in [0, 0.1) is 56.7 Å². The number of aliphatic carboxylic acids is 1. The first-order valence-electron chi connectivity index (χ1n) is 14.6. The first-order valence-corrected chi connectivity index (χ1v) is 14.6. The molecule has 0 aromatic carbocycles. The van der Waals surface area contributed by atoms with Crippen LogP contribution in [0.3, 0.4) is 0 Å². The fourth-order valence-electron chi connectivity index (χ4n) is 11.4. The van der Waals surface area contributed by atoms with Crippen molar-refractivity contribution in [1.29, 1.82) is 0 Å². The van der Waals surface area contributed by atoms with E-state index in [4.69, 9.17) is 0 Å². The maximum absolute atomic E-state index is 12.1. The molecule has 36 heavy (non-hydrogen) atoms. The Hall–Kier alpha value is -0.910. The van der Waals surface area contributed by atoms with Gasteiger partial charge in [0, 0.05) is 5.41 Å². The molecule has 5 nitrogen and oxygen atoms in total. The van der Waals surface area contributed by atoms with Crippen LogP contribution in [0.25, 0.3) is 0 Å². The van der Waals surface area contributed by atoms with Gasteiger partial charge in [0.05, 0.1) is 25.2 Å². The van der Waals surface area contributed by atoms with Crippen LogP contribution < -0.4 is 0 Å². The van der Waals surface area contributed by atoms with E-state index in [1.807, 2.05) is 6.92 Å². The van der Waals surface area contributed by atoms with Gasteiger partial charge < -0.3 is 20.4 Å². The zero-order valence-corrected chi connectivity index (χ0v) is 23.4. The van der Waals surface area contributed by atoms with E-state index in [0.717, 1.165) is 44.9 Å². The van der Waals surface area contributed by atoms with Crippen LogP contribution in [0.15, 0.2) is 11.6 Å². The Labute approximate surface area is 217 Å². The van der Waals surface area contributed by atoms with Crippen molar-refractivity contribution in [3.8, 4) is 0 Å². The van der Waals surface area contributed by atoms with E-state index in [1.165, 1.54) is 5.57 Å². The van der Waals surface area contributed by atoms with Crippen molar-refractivity contribution in [2.24, 2.45) is 56.7 Å². The van der Waals surface area contributed by atoms with Crippen molar-refractivity contribution in [2.45, 2.75) is 112 Å². The number of aliphatic hydroxyl groups excluding tert-OH is 3. The van der Waals surface area contributed by atoms with Gasteiger partial charge in [-0.25, -0.2) is 0 Å². The smallest absolute Gasteiger partial charge is 0.303 e. The van der Waals surface area contributed by atoms with Crippen LogP contribution in [0.1, 0.15) is 99.3 Å². The second kappa shape index (κ2) is 8.29. The molecule has 0 unspecified atom stereocenters. The lowest BCUT2D eigenvalue weighted by Crippen LogP contribution is -2.68. The molecule has 4 fully saturated rings. The lowest BCUT2D eigenvalue weighted by Gasteiger charge is -2.72. The van der Waals surface area contributed by atoms with Crippen LogP contribution in [0.4, 0.5) is 0 Å². The molecule has 5 aliphatic carbocycles. The second-order valence-electron chi connectivity index (χ2n) is 15.0. The minimum absolute atomic E-state index is 0.00147. The SMILES string of the molecule is C[C@H]1[C@H](C)CC[C@]2(CC(=O)O)CC[C@]3(C)C(=CC[C@@H]4[C@@]5(C)C[C@@H](O)[C@H](O)[C@](C)(CO)[C@@H]5CC[C@]43C)[C@H]12. The van der Waals surface area contributed by atoms with Crippen molar-refractivity contribution in [3.63, 3.8) is 0 Å². The maximum atomic E-state index is 12.1. The summed E-state index contributed by atoms with van der Waals surface area (Å²) >= 11 is 0. The van der Waals surface area contributed by atoms with Gasteiger partial charge in [-0.05, 0) is 103 Å². The maximum Gasteiger partial charge on any atom is 0.303 e. The van der Waals surface area contributed by atoms with E-state index in [0.29, 0.717) is 30.1 Å². The Balaban J connectivity index is 1.61. The predicted molar refractivity (Wildman–Crippen MR) is 140 cm³/mol. The largest absolute Gasteiger partial charge is 0.481 e. The molecule has 5 aliphatic rings. The van der Waals surface area contributed by atoms with E-state index < -0.39 is 23.6 Å². The van der Waals surface area contributed by atoms with Crippen molar-refractivity contribution >= 4 is 5.97 Å². The highest BCUT2D eigenvalue weighted by Gasteiger charge is 2.70. The van der Waals surface area contributed by atoms with E-state index in [1.54, 1.807) is 0 Å². The van der Waals surface area contributed by atoms with Gasteiger partial charge >= 0.3 is 5.97 Å². The van der Waals surface area contributed by atoms with Gasteiger partial charge in [0.2, 0.25) is 0 Å². The molecule has 0 radical (unpaired) electrons. The number of hydrogen-bond donors (Lipinski definition) is 4. The Morgan fingerprint density at radius 3 is 2.33 bits per heavy atom. The monoisotopic (exact) mass is 502 g/mol. The molecule has 0 aromatic rings. The summed E-state index contributed by atoms with van der Waals surface area (Å²) in [5, 5.41) is 42.4. The molecule has 0 bridgehead atoms. The average Bonchev–Trinajstić information content (AvgIpc) is 2.80. The second-order valence-corrected chi connectivity index (χ2v) is 15.0. The molecule has 12 atom stereocenters. The van der Waals surface area contributed by atoms with Crippen LogP contribution in [-0.4, -0.2) is 45.2 Å². The van der Waals surface area contributed by atoms with Crippen LogP contribution in [0.2, 0.25) is 0 Å². The Morgan fingerprint density at radius 2 is 1.69 bits per heavy atom. The van der Waals surface area contributed by atoms with Crippen LogP contribution in [0.5, 0.6) is 0 Å². The van der Waals surface area contributed by atoms with Gasteiger partial charge in [0.25, 0.3) is 0 Å². The molecule has 5 rings (SSSR count). The third-order valence-electron chi connectivity index (χ3n) is 13.8. The number of aliphatic hydroxyl groups is 3. The molecular formula is C31H50O5. The van der Waals surface area contributed by atoms with E-state index >= 15 is 0 Å². The molecule has 0 heterocycles. The van der Waals surface area contributed by atoms with E-state index in [2.05, 4.69) is 40.7 Å². The molecular weight excluding hydrogens is 452 g/mol. The Morgan fingerprint density at radius 1 is 1.00 bits per heavy atom. The number of fused-ring (bicyclic) bond motifs is 7. The molecule has 204 valence electrons. The first-order chi connectivity index (χ1) is 16.7. The highest BCUT2D eigenvalue weighted by Crippen LogP contribution is 2.76. The lowest BCUT2D eigenvalue weighted by molar-refractivity contribution is -0.244. The van der Waals surface area contributed by atoms with Crippen LogP contribution >= 0.6 is 0 Å². The summed E-state index contributed by atoms with van der Waals surface area (Å²) in [6.45, 7) is 13.9. The van der Waals surface area contributed by atoms with Crippen molar-refractivity contribution in [3.05, 3.63) is 11.6 Å². The average molecular weight is 503 g/mol. The molecule has 0 spiro atoms. The molecule has 4 N–H and O–H groups in total. The summed E-state index contributed by atoms with van der Waals surface area (Å²) in [4.78, 5) is 12.1. The zero-order chi connectivity index (χ0) is 26.5. The molecule has 0 amide bonds. The van der Waals surface area contributed by atoms with Crippen LogP contribution in [-0.2, 0) is 4.79 Å². The standard InChI is InChI=1S/C31H50O5/c1-18-9-12-31(16-24(34)35)14-13-29(5)20(25(31)19(18)2)7-8-23-27(3)15-21(33)26(36)28(4,17-32)22(27)10-11-30(23,29)6/h7,18-19,21-23,25-26,32-33,36H,8-17H2,1-6H3,(H,34,35)/t18-,19+,21-,22-,23-,25+,26+,27+,28-,29-,30-,31-/m1/s1. The van der Waals surface area contributed by atoms with Gasteiger partial charge in [0.15, 0.2) is 0 Å². The quantitative estimate of drug-likeness (QED) is 0.386. The topological polar surface area (TPSA) is 98.0 Å². The fraction of sp³-hybridized carbons (Fsp3) is 0.903.